The van der Waals surface area contributed by atoms with E-state index in [-0.39, 0.29) is 11.3 Å². The number of ether oxygens (including phenoxy) is 1. The number of nitrogens with zero attached hydrogens (tertiary/aromatic N) is 1. The molecule has 2 N–H and O–H groups in total. The smallest absolute Gasteiger partial charge is 0.226 e. The summed E-state index contributed by atoms with van der Waals surface area (Å²) in [7, 11) is 1.59. The van der Waals surface area contributed by atoms with Crippen molar-refractivity contribution in [3.05, 3.63) is 23.9 Å². The molecule has 1 amide bonds. The minimum absolute atomic E-state index is 0.164. The van der Waals surface area contributed by atoms with Crippen molar-refractivity contribution in [3.8, 4) is 5.88 Å². The predicted octanol–water partition coefficient (Wildman–Crippen LogP) is 1.49. The Morgan fingerprint density at radius 1 is 1.45 bits per heavy atom. The number of hydrogen-bond acceptors (Lipinski definition) is 4. The molecule has 0 bridgehead atoms. The summed E-state index contributed by atoms with van der Waals surface area (Å²) >= 11 is 0. The lowest BCUT2D eigenvalue weighted by Gasteiger charge is -2.35. The fraction of sp³-hybridized carbons (Fsp3) is 0.600. The number of aromatic nitrogens is 1. The first-order valence-electron chi connectivity index (χ1n) is 7.18. The molecule has 1 saturated heterocycles. The average Bonchev–Trinajstić information content (AvgIpc) is 2.53. The van der Waals surface area contributed by atoms with Crippen molar-refractivity contribution in [1.82, 2.24) is 15.6 Å². The van der Waals surface area contributed by atoms with Crippen molar-refractivity contribution in [2.24, 2.45) is 5.41 Å². The predicted molar refractivity (Wildman–Crippen MR) is 77.5 cm³/mol. The Hall–Kier alpha value is -1.62. The molecule has 1 aliphatic rings. The maximum Gasteiger partial charge on any atom is 0.226 e. The van der Waals surface area contributed by atoms with Crippen LogP contribution in [0.5, 0.6) is 5.88 Å². The third-order valence-corrected chi connectivity index (χ3v) is 4.18. The molecule has 5 heteroatoms. The molecule has 0 aliphatic carbocycles. The van der Waals surface area contributed by atoms with Gasteiger partial charge in [-0.15, -0.1) is 0 Å². The Morgan fingerprint density at radius 3 is 2.75 bits per heavy atom. The maximum absolute atomic E-state index is 12.5. The number of nitrogens with one attached hydrogen (secondary N) is 2. The van der Waals surface area contributed by atoms with E-state index in [2.05, 4.69) is 22.5 Å². The minimum Gasteiger partial charge on any atom is -0.481 e. The Morgan fingerprint density at radius 2 is 2.20 bits per heavy atom. The van der Waals surface area contributed by atoms with Crippen LogP contribution in [0.2, 0.25) is 0 Å². The van der Waals surface area contributed by atoms with E-state index in [9.17, 15) is 4.79 Å². The zero-order valence-electron chi connectivity index (χ0n) is 12.2. The van der Waals surface area contributed by atoms with E-state index in [1.807, 2.05) is 12.1 Å². The Bertz CT molecular complexity index is 439. The highest BCUT2D eigenvalue weighted by Gasteiger charge is 2.37. The quantitative estimate of drug-likeness (QED) is 0.856. The summed E-state index contributed by atoms with van der Waals surface area (Å²) in [6.07, 6.45) is 4.45. The van der Waals surface area contributed by atoms with Gasteiger partial charge in [0.15, 0.2) is 0 Å². The van der Waals surface area contributed by atoms with Gasteiger partial charge >= 0.3 is 0 Å². The zero-order valence-corrected chi connectivity index (χ0v) is 12.2. The second-order valence-electron chi connectivity index (χ2n) is 5.28. The van der Waals surface area contributed by atoms with E-state index in [0.717, 1.165) is 37.9 Å². The van der Waals surface area contributed by atoms with Crippen LogP contribution in [0.3, 0.4) is 0 Å². The summed E-state index contributed by atoms with van der Waals surface area (Å²) in [5.74, 6) is 0.751. The van der Waals surface area contributed by atoms with Crippen LogP contribution in [-0.2, 0) is 11.3 Å². The summed E-state index contributed by atoms with van der Waals surface area (Å²) < 4.78 is 5.02. The third kappa shape index (κ3) is 3.28. The summed E-state index contributed by atoms with van der Waals surface area (Å²) in [4.78, 5) is 16.6. The summed E-state index contributed by atoms with van der Waals surface area (Å²) in [5.41, 5.74) is 0.782. The summed E-state index contributed by atoms with van der Waals surface area (Å²) in [5, 5.41) is 6.36. The Balaban J connectivity index is 1.93. The number of amides is 1. The van der Waals surface area contributed by atoms with Gasteiger partial charge in [-0.05, 0) is 37.9 Å². The van der Waals surface area contributed by atoms with Gasteiger partial charge in [-0.1, -0.05) is 13.0 Å². The molecular weight excluding hydrogens is 254 g/mol. The standard InChI is InChI=1S/C15H23N3O2/c1-3-15(6-8-16-9-7-15)14(19)18-11-12-4-5-13(20-2)17-10-12/h4-5,10,16H,3,6-9,11H2,1-2H3,(H,18,19). The molecule has 0 unspecified atom stereocenters. The van der Waals surface area contributed by atoms with Crippen molar-refractivity contribution >= 4 is 5.91 Å². The molecule has 2 heterocycles. The first kappa shape index (κ1) is 14.8. The van der Waals surface area contributed by atoms with Gasteiger partial charge in [0.2, 0.25) is 11.8 Å². The van der Waals surface area contributed by atoms with Gasteiger partial charge in [0.05, 0.1) is 12.5 Å². The summed E-state index contributed by atoms with van der Waals surface area (Å²) in [6, 6.07) is 3.73. The van der Waals surface area contributed by atoms with Gasteiger partial charge < -0.3 is 15.4 Å². The Kier molecular flexibility index (Phi) is 4.95. The van der Waals surface area contributed by atoms with Crippen molar-refractivity contribution in [2.45, 2.75) is 32.7 Å². The van der Waals surface area contributed by atoms with Gasteiger partial charge in [0.1, 0.15) is 0 Å². The fourth-order valence-corrected chi connectivity index (χ4v) is 2.65. The molecule has 0 radical (unpaired) electrons. The topological polar surface area (TPSA) is 63.2 Å². The largest absolute Gasteiger partial charge is 0.481 e. The average molecular weight is 277 g/mol. The van der Waals surface area contributed by atoms with Crippen molar-refractivity contribution in [2.75, 3.05) is 20.2 Å². The second-order valence-corrected chi connectivity index (χ2v) is 5.28. The van der Waals surface area contributed by atoms with Gasteiger partial charge in [-0.25, -0.2) is 4.98 Å². The van der Waals surface area contributed by atoms with Crippen LogP contribution >= 0.6 is 0 Å². The lowest BCUT2D eigenvalue weighted by Crippen LogP contribution is -2.47. The monoisotopic (exact) mass is 277 g/mol. The molecule has 0 saturated carbocycles. The maximum atomic E-state index is 12.5. The molecule has 1 fully saturated rings. The highest BCUT2D eigenvalue weighted by molar-refractivity contribution is 5.82. The van der Waals surface area contributed by atoms with Crippen LogP contribution in [0.25, 0.3) is 0 Å². The fourth-order valence-electron chi connectivity index (χ4n) is 2.65. The van der Waals surface area contributed by atoms with Crippen LogP contribution < -0.4 is 15.4 Å². The summed E-state index contributed by atoms with van der Waals surface area (Å²) in [6.45, 7) is 4.46. The number of piperidine rings is 1. The lowest BCUT2D eigenvalue weighted by molar-refractivity contribution is -0.133. The van der Waals surface area contributed by atoms with E-state index in [0.29, 0.717) is 12.4 Å². The first-order chi connectivity index (χ1) is 9.70. The number of rotatable bonds is 5. The molecule has 20 heavy (non-hydrogen) atoms. The minimum atomic E-state index is -0.203. The normalized spacial score (nSPS) is 17.5. The highest BCUT2D eigenvalue weighted by atomic mass is 16.5. The number of hydrogen-bond donors (Lipinski definition) is 2. The van der Waals surface area contributed by atoms with Gasteiger partial charge in [0, 0.05) is 18.8 Å². The van der Waals surface area contributed by atoms with Gasteiger partial charge in [-0.3, -0.25) is 4.79 Å². The number of carbonyl (C=O) groups is 1. The van der Waals surface area contributed by atoms with Crippen LogP contribution in [0, 0.1) is 5.41 Å². The molecule has 0 atom stereocenters. The molecule has 5 nitrogen and oxygen atoms in total. The highest BCUT2D eigenvalue weighted by Crippen LogP contribution is 2.32. The molecule has 1 aliphatic heterocycles. The van der Waals surface area contributed by atoms with Crippen LogP contribution in [0.4, 0.5) is 0 Å². The van der Waals surface area contributed by atoms with E-state index in [4.69, 9.17) is 4.74 Å². The molecule has 0 aromatic carbocycles. The van der Waals surface area contributed by atoms with Crippen LogP contribution in [0.1, 0.15) is 31.7 Å². The van der Waals surface area contributed by atoms with Crippen LogP contribution in [0.15, 0.2) is 18.3 Å². The van der Waals surface area contributed by atoms with Crippen molar-refractivity contribution in [3.63, 3.8) is 0 Å². The molecule has 110 valence electrons. The zero-order chi connectivity index (χ0) is 14.4. The molecule has 2 rings (SSSR count). The van der Waals surface area contributed by atoms with Crippen molar-refractivity contribution in [1.29, 1.82) is 0 Å². The van der Waals surface area contributed by atoms with Crippen molar-refractivity contribution < 1.29 is 9.53 Å². The molecule has 0 spiro atoms. The lowest BCUT2D eigenvalue weighted by atomic mass is 9.76. The van der Waals surface area contributed by atoms with E-state index in [1.54, 1.807) is 13.3 Å². The van der Waals surface area contributed by atoms with E-state index in [1.165, 1.54) is 0 Å². The molecule has 1 aromatic heterocycles. The third-order valence-electron chi connectivity index (χ3n) is 4.18. The van der Waals surface area contributed by atoms with Gasteiger partial charge in [-0.2, -0.15) is 0 Å². The molecule has 1 aromatic rings. The Labute approximate surface area is 120 Å². The number of pyridine rings is 1. The number of carbonyl (C=O) groups excluding carboxylic acids is 1. The van der Waals surface area contributed by atoms with Gasteiger partial charge in [0.25, 0.3) is 0 Å². The second kappa shape index (κ2) is 6.70. The SMILES string of the molecule is CCC1(C(=O)NCc2ccc(OC)nc2)CCNCC1. The van der Waals surface area contributed by atoms with E-state index >= 15 is 0 Å². The molecular formula is C15H23N3O2. The van der Waals surface area contributed by atoms with Crippen LogP contribution in [-0.4, -0.2) is 31.1 Å². The number of methoxy groups -OCH3 is 1. The van der Waals surface area contributed by atoms with E-state index < -0.39 is 0 Å². The first-order valence-corrected chi connectivity index (χ1v) is 7.18.